The summed E-state index contributed by atoms with van der Waals surface area (Å²) in [5.74, 6) is -22.5. The number of carboxylic acid groups (broad SMARTS) is 1. The van der Waals surface area contributed by atoms with E-state index in [0.717, 1.165) is 0 Å². The minimum Gasteiger partial charge on any atom is -0.478 e. The molecular formula is C5H3F8NO2. The van der Waals surface area contributed by atoms with Crippen LogP contribution in [-0.4, -0.2) is 34.9 Å². The van der Waals surface area contributed by atoms with Crippen LogP contribution < -0.4 is 5.73 Å². The van der Waals surface area contributed by atoms with E-state index in [4.69, 9.17) is 5.11 Å². The summed E-state index contributed by atoms with van der Waals surface area (Å²) in [5, 5.41) is 7.73. The standard InChI is InChI=1S/C5H3F8NO2/c6-2(14,1(15)16)3(7,8)4(9,10)5(11,12)13/h14H2,(H,15,16). The van der Waals surface area contributed by atoms with Crippen molar-refractivity contribution in [3.8, 4) is 0 Å². The van der Waals surface area contributed by atoms with E-state index in [1.54, 1.807) is 0 Å². The molecule has 16 heavy (non-hydrogen) atoms. The molecule has 0 aromatic carbocycles. The average Bonchev–Trinajstić information content (AvgIpc) is 2.00. The van der Waals surface area contributed by atoms with Gasteiger partial charge in [-0.2, -0.15) is 30.7 Å². The second-order valence-corrected chi connectivity index (χ2v) is 2.66. The number of carbonyl (C=O) groups is 1. The molecule has 0 heterocycles. The van der Waals surface area contributed by atoms with Crippen LogP contribution in [0.25, 0.3) is 0 Å². The minimum atomic E-state index is -6.91. The van der Waals surface area contributed by atoms with Gasteiger partial charge in [-0.25, -0.2) is 9.18 Å². The van der Waals surface area contributed by atoms with Gasteiger partial charge in [0.2, 0.25) is 0 Å². The maximum atomic E-state index is 12.5. The molecule has 1 atom stereocenters. The highest BCUT2D eigenvalue weighted by atomic mass is 19.4. The highest BCUT2D eigenvalue weighted by Gasteiger charge is 2.82. The number of aliphatic carboxylic acids is 1. The number of nitrogens with two attached hydrogens (primary N) is 1. The van der Waals surface area contributed by atoms with Crippen molar-refractivity contribution in [1.82, 2.24) is 0 Å². The Kier molecular flexibility index (Phi) is 3.19. The van der Waals surface area contributed by atoms with E-state index in [2.05, 4.69) is 5.73 Å². The van der Waals surface area contributed by atoms with Crippen LogP contribution in [0.3, 0.4) is 0 Å². The lowest BCUT2D eigenvalue weighted by molar-refractivity contribution is -0.375. The SMILES string of the molecule is NC(F)(C(=O)O)C(F)(F)C(F)(F)C(F)(F)F. The molecule has 0 aromatic rings. The fourth-order valence-corrected chi connectivity index (χ4v) is 0.541. The average molecular weight is 261 g/mol. The van der Waals surface area contributed by atoms with Gasteiger partial charge in [0.05, 0.1) is 0 Å². The molecule has 0 amide bonds. The molecule has 0 rings (SSSR count). The third kappa shape index (κ3) is 1.79. The van der Waals surface area contributed by atoms with Gasteiger partial charge in [0.25, 0.3) is 0 Å². The van der Waals surface area contributed by atoms with Crippen LogP contribution in [0, 0.1) is 0 Å². The lowest BCUT2D eigenvalue weighted by Crippen LogP contribution is -2.69. The first-order valence-electron chi connectivity index (χ1n) is 3.23. The summed E-state index contributed by atoms with van der Waals surface area (Å²) in [6, 6.07) is 0. The van der Waals surface area contributed by atoms with Gasteiger partial charge in [0.15, 0.2) is 0 Å². The first kappa shape index (κ1) is 14.9. The maximum absolute atomic E-state index is 12.5. The molecule has 0 aliphatic rings. The third-order valence-corrected chi connectivity index (χ3v) is 1.52. The summed E-state index contributed by atoms with van der Waals surface area (Å²) >= 11 is 0. The zero-order valence-corrected chi connectivity index (χ0v) is 6.96. The number of hydrogen-bond donors (Lipinski definition) is 2. The van der Waals surface area contributed by atoms with E-state index in [0.29, 0.717) is 0 Å². The number of carboxylic acids is 1. The zero-order valence-electron chi connectivity index (χ0n) is 6.96. The molecule has 0 saturated heterocycles. The first-order chi connectivity index (χ1) is 6.69. The summed E-state index contributed by atoms with van der Waals surface area (Å²) in [6.45, 7) is 0. The van der Waals surface area contributed by atoms with E-state index in [-0.39, 0.29) is 0 Å². The Balaban J connectivity index is 5.62. The lowest BCUT2D eigenvalue weighted by atomic mass is 10.0. The summed E-state index contributed by atoms with van der Waals surface area (Å²) in [5.41, 5.74) is 3.62. The topological polar surface area (TPSA) is 63.3 Å². The Labute approximate surface area is 81.8 Å². The van der Waals surface area contributed by atoms with Crippen molar-refractivity contribution >= 4 is 5.97 Å². The lowest BCUT2D eigenvalue weighted by Gasteiger charge is -2.33. The molecule has 0 spiro atoms. The van der Waals surface area contributed by atoms with Gasteiger partial charge in [0, 0.05) is 0 Å². The Bertz CT molecular complexity index is 295. The predicted octanol–water partition coefficient (Wildman–Crippen LogP) is 1.53. The molecule has 3 N–H and O–H groups in total. The van der Waals surface area contributed by atoms with E-state index in [1.165, 1.54) is 0 Å². The van der Waals surface area contributed by atoms with Crippen molar-refractivity contribution in [2.75, 3.05) is 0 Å². The van der Waals surface area contributed by atoms with Crippen LogP contribution >= 0.6 is 0 Å². The predicted molar refractivity (Wildman–Crippen MR) is 31.6 cm³/mol. The maximum Gasteiger partial charge on any atom is 0.460 e. The largest absolute Gasteiger partial charge is 0.478 e. The number of alkyl halides is 8. The molecule has 0 fully saturated rings. The van der Waals surface area contributed by atoms with E-state index in [1.807, 2.05) is 0 Å². The van der Waals surface area contributed by atoms with Crippen LogP contribution in [0.15, 0.2) is 0 Å². The number of hydrogen-bond acceptors (Lipinski definition) is 2. The fraction of sp³-hybridized carbons (Fsp3) is 0.800. The van der Waals surface area contributed by atoms with Gasteiger partial charge < -0.3 is 5.11 Å². The summed E-state index contributed by atoms with van der Waals surface area (Å²) in [7, 11) is 0. The van der Waals surface area contributed by atoms with Gasteiger partial charge in [-0.15, -0.1) is 0 Å². The van der Waals surface area contributed by atoms with Crippen LogP contribution in [0.4, 0.5) is 35.1 Å². The molecular weight excluding hydrogens is 258 g/mol. The molecule has 3 nitrogen and oxygen atoms in total. The molecule has 0 aromatic heterocycles. The molecule has 0 saturated carbocycles. The Morgan fingerprint density at radius 1 is 0.875 bits per heavy atom. The quantitative estimate of drug-likeness (QED) is 0.598. The van der Waals surface area contributed by atoms with E-state index in [9.17, 15) is 39.9 Å². The Morgan fingerprint density at radius 3 is 1.38 bits per heavy atom. The van der Waals surface area contributed by atoms with E-state index < -0.39 is 29.8 Å². The monoisotopic (exact) mass is 261 g/mol. The summed E-state index contributed by atoms with van der Waals surface area (Å²) < 4.78 is 95.9. The Hall–Kier alpha value is -1.13. The molecule has 11 heteroatoms. The third-order valence-electron chi connectivity index (χ3n) is 1.52. The van der Waals surface area contributed by atoms with Crippen LogP contribution in [0.1, 0.15) is 0 Å². The number of halogens is 8. The van der Waals surface area contributed by atoms with Gasteiger partial charge in [-0.05, 0) is 0 Å². The van der Waals surface area contributed by atoms with Gasteiger partial charge >= 0.3 is 29.8 Å². The van der Waals surface area contributed by atoms with Crippen molar-refractivity contribution in [3.63, 3.8) is 0 Å². The fourth-order valence-electron chi connectivity index (χ4n) is 0.541. The molecule has 0 aliphatic heterocycles. The normalized spacial score (nSPS) is 18.1. The summed E-state index contributed by atoms with van der Waals surface area (Å²) in [6.07, 6.45) is -6.84. The van der Waals surface area contributed by atoms with E-state index >= 15 is 0 Å². The molecule has 96 valence electrons. The van der Waals surface area contributed by atoms with Crippen molar-refractivity contribution < 1.29 is 45.0 Å². The molecule has 0 bridgehead atoms. The number of rotatable bonds is 3. The molecule has 0 radical (unpaired) electrons. The second-order valence-electron chi connectivity index (χ2n) is 2.66. The van der Waals surface area contributed by atoms with Crippen molar-refractivity contribution in [1.29, 1.82) is 0 Å². The smallest absolute Gasteiger partial charge is 0.460 e. The second kappa shape index (κ2) is 3.43. The summed E-state index contributed by atoms with van der Waals surface area (Å²) in [4.78, 5) is 9.76. The van der Waals surface area contributed by atoms with Crippen LogP contribution in [0.2, 0.25) is 0 Å². The van der Waals surface area contributed by atoms with Crippen molar-refractivity contribution in [3.05, 3.63) is 0 Å². The molecule has 1 unspecified atom stereocenters. The van der Waals surface area contributed by atoms with Crippen molar-refractivity contribution in [2.45, 2.75) is 23.8 Å². The highest BCUT2D eigenvalue weighted by Crippen LogP contribution is 2.50. The first-order valence-corrected chi connectivity index (χ1v) is 3.23. The minimum absolute atomic E-state index is 3.35. The van der Waals surface area contributed by atoms with Gasteiger partial charge in [-0.3, -0.25) is 5.73 Å². The molecule has 0 aliphatic carbocycles. The van der Waals surface area contributed by atoms with Gasteiger partial charge in [-0.1, -0.05) is 0 Å². The Morgan fingerprint density at radius 2 is 1.19 bits per heavy atom. The van der Waals surface area contributed by atoms with Gasteiger partial charge in [0.1, 0.15) is 0 Å². The van der Waals surface area contributed by atoms with Crippen molar-refractivity contribution in [2.24, 2.45) is 5.73 Å². The van der Waals surface area contributed by atoms with Crippen LogP contribution in [-0.2, 0) is 4.79 Å². The van der Waals surface area contributed by atoms with Crippen LogP contribution in [0.5, 0.6) is 0 Å². The zero-order chi connectivity index (χ0) is 13.6. The highest BCUT2D eigenvalue weighted by molar-refractivity contribution is 5.78.